The molecule has 0 N–H and O–H groups in total. The summed E-state index contributed by atoms with van der Waals surface area (Å²) in [6.07, 6.45) is 3.58. The average Bonchev–Trinajstić information content (AvgIpc) is 2.79. The Hall–Kier alpha value is -2.83. The molecule has 0 radical (unpaired) electrons. The minimum atomic E-state index is 0.00291. The molecule has 3 heterocycles. The van der Waals surface area contributed by atoms with Crippen LogP contribution in [0, 0.1) is 6.92 Å². The van der Waals surface area contributed by atoms with Crippen LogP contribution in [-0.2, 0) is 0 Å². The van der Waals surface area contributed by atoms with Gasteiger partial charge in [0.05, 0.1) is 7.11 Å². The molecule has 0 atom stereocenters. The summed E-state index contributed by atoms with van der Waals surface area (Å²) in [6, 6.07) is 9.88. The fourth-order valence-electron chi connectivity index (χ4n) is 4.02. The molecule has 0 spiro atoms. The van der Waals surface area contributed by atoms with Gasteiger partial charge in [-0.3, -0.25) is 4.79 Å². The minimum Gasteiger partial charge on any atom is -0.497 e. The Morgan fingerprint density at radius 2 is 1.59 bits per heavy atom. The number of benzene rings is 1. The second-order valence-corrected chi connectivity index (χ2v) is 7.72. The van der Waals surface area contributed by atoms with E-state index in [0.717, 1.165) is 56.2 Å². The highest BCUT2D eigenvalue weighted by atomic mass is 16.5. The number of anilines is 2. The van der Waals surface area contributed by atoms with Crippen molar-refractivity contribution in [1.82, 2.24) is 14.9 Å². The van der Waals surface area contributed by atoms with Crippen LogP contribution in [0.15, 0.2) is 30.3 Å². The van der Waals surface area contributed by atoms with Gasteiger partial charge in [0, 0.05) is 50.6 Å². The van der Waals surface area contributed by atoms with Gasteiger partial charge in [0.2, 0.25) is 5.95 Å². The predicted molar refractivity (Wildman–Crippen MR) is 114 cm³/mol. The number of aryl methyl sites for hydroxylation is 1. The van der Waals surface area contributed by atoms with Crippen LogP contribution >= 0.6 is 0 Å². The first-order valence-electron chi connectivity index (χ1n) is 10.4. The number of amides is 1. The van der Waals surface area contributed by atoms with Crippen molar-refractivity contribution < 1.29 is 9.53 Å². The number of carbonyl (C=O) groups excluding carboxylic acids is 1. The second-order valence-electron chi connectivity index (χ2n) is 7.72. The normalized spacial score (nSPS) is 17.4. The largest absolute Gasteiger partial charge is 0.497 e. The highest BCUT2D eigenvalue weighted by Crippen LogP contribution is 2.22. The number of hydrogen-bond donors (Lipinski definition) is 0. The van der Waals surface area contributed by atoms with Crippen LogP contribution in [0.3, 0.4) is 0 Å². The van der Waals surface area contributed by atoms with Gasteiger partial charge < -0.3 is 19.4 Å². The quantitative estimate of drug-likeness (QED) is 0.793. The molecule has 7 nitrogen and oxygen atoms in total. The zero-order valence-corrected chi connectivity index (χ0v) is 17.3. The minimum absolute atomic E-state index is 0.00291. The molecule has 0 saturated carbocycles. The fourth-order valence-corrected chi connectivity index (χ4v) is 4.02. The Labute approximate surface area is 172 Å². The summed E-state index contributed by atoms with van der Waals surface area (Å²) >= 11 is 0. The first-order chi connectivity index (χ1) is 14.1. The molecule has 7 heteroatoms. The number of rotatable bonds is 4. The average molecular weight is 396 g/mol. The maximum Gasteiger partial charge on any atom is 0.272 e. The Balaban J connectivity index is 1.42. The van der Waals surface area contributed by atoms with Crippen molar-refractivity contribution in [3.05, 3.63) is 41.7 Å². The molecular weight excluding hydrogens is 366 g/mol. The number of nitrogens with zero attached hydrogens (tertiary/aromatic N) is 5. The molecule has 2 aromatic rings. The first-order valence-corrected chi connectivity index (χ1v) is 10.4. The van der Waals surface area contributed by atoms with Crippen molar-refractivity contribution >= 4 is 17.5 Å². The van der Waals surface area contributed by atoms with Crippen molar-refractivity contribution in [2.45, 2.75) is 26.2 Å². The van der Waals surface area contributed by atoms with Gasteiger partial charge in [-0.05, 0) is 56.5 Å². The van der Waals surface area contributed by atoms with Gasteiger partial charge in [0.15, 0.2) is 0 Å². The third-order valence-corrected chi connectivity index (χ3v) is 5.70. The molecule has 2 aliphatic rings. The van der Waals surface area contributed by atoms with E-state index in [4.69, 9.17) is 4.74 Å². The molecule has 4 rings (SSSR count). The summed E-state index contributed by atoms with van der Waals surface area (Å²) in [5.74, 6) is 1.55. The summed E-state index contributed by atoms with van der Waals surface area (Å²) in [7, 11) is 1.67. The molecule has 154 valence electrons. The maximum absolute atomic E-state index is 13.1. The molecule has 1 aromatic carbocycles. The summed E-state index contributed by atoms with van der Waals surface area (Å²) in [5, 5.41) is 0. The van der Waals surface area contributed by atoms with Gasteiger partial charge in [0.1, 0.15) is 11.4 Å². The van der Waals surface area contributed by atoms with Gasteiger partial charge >= 0.3 is 0 Å². The highest BCUT2D eigenvalue weighted by Gasteiger charge is 2.25. The number of aromatic nitrogens is 2. The van der Waals surface area contributed by atoms with E-state index in [2.05, 4.69) is 31.9 Å². The molecular formula is C22H29N5O2. The van der Waals surface area contributed by atoms with Crippen LogP contribution in [0.25, 0.3) is 0 Å². The lowest BCUT2D eigenvalue weighted by Crippen LogP contribution is -2.49. The molecule has 1 amide bonds. The van der Waals surface area contributed by atoms with E-state index >= 15 is 0 Å². The molecule has 2 saturated heterocycles. The van der Waals surface area contributed by atoms with Crippen LogP contribution in [0.2, 0.25) is 0 Å². The van der Waals surface area contributed by atoms with E-state index in [1.807, 2.05) is 30.0 Å². The second kappa shape index (κ2) is 8.68. The summed E-state index contributed by atoms with van der Waals surface area (Å²) in [5.41, 5.74) is 2.51. The van der Waals surface area contributed by atoms with Crippen LogP contribution in [0.4, 0.5) is 11.6 Å². The number of hydrogen-bond acceptors (Lipinski definition) is 6. The van der Waals surface area contributed by atoms with Gasteiger partial charge in [-0.25, -0.2) is 9.97 Å². The van der Waals surface area contributed by atoms with E-state index < -0.39 is 0 Å². The van der Waals surface area contributed by atoms with Gasteiger partial charge in [-0.1, -0.05) is 0 Å². The summed E-state index contributed by atoms with van der Waals surface area (Å²) in [4.78, 5) is 28.7. The van der Waals surface area contributed by atoms with Crippen molar-refractivity contribution in [3.63, 3.8) is 0 Å². The zero-order chi connectivity index (χ0) is 20.2. The van der Waals surface area contributed by atoms with E-state index in [9.17, 15) is 4.79 Å². The summed E-state index contributed by atoms with van der Waals surface area (Å²) in [6.45, 7) is 6.87. The van der Waals surface area contributed by atoms with Crippen LogP contribution in [0.1, 0.15) is 35.4 Å². The van der Waals surface area contributed by atoms with Crippen molar-refractivity contribution in [3.8, 4) is 5.75 Å². The SMILES string of the molecule is COc1ccc(N2CCN(C(=O)c3cc(C)nc(N4CCCCC4)n3)CC2)cc1. The highest BCUT2D eigenvalue weighted by molar-refractivity contribution is 5.93. The van der Waals surface area contributed by atoms with Gasteiger partial charge in [-0.15, -0.1) is 0 Å². The first kappa shape index (κ1) is 19.5. The van der Waals surface area contributed by atoms with Crippen LogP contribution in [0.5, 0.6) is 5.75 Å². The monoisotopic (exact) mass is 395 g/mol. The van der Waals surface area contributed by atoms with Crippen LogP contribution in [-0.4, -0.2) is 67.2 Å². The standard InChI is InChI=1S/C22H29N5O2/c1-17-16-20(24-22(23-17)27-10-4-3-5-11-27)21(28)26-14-12-25(13-15-26)18-6-8-19(29-2)9-7-18/h6-9,16H,3-5,10-15H2,1-2H3. The Morgan fingerprint density at radius 3 is 2.24 bits per heavy atom. The molecule has 2 aliphatic heterocycles. The van der Waals surface area contributed by atoms with Crippen LogP contribution < -0.4 is 14.5 Å². The molecule has 0 aliphatic carbocycles. The topological polar surface area (TPSA) is 61.8 Å². The molecule has 29 heavy (non-hydrogen) atoms. The molecule has 1 aromatic heterocycles. The van der Waals surface area contributed by atoms with E-state index in [1.54, 1.807) is 7.11 Å². The number of carbonyl (C=O) groups is 1. The predicted octanol–water partition coefficient (Wildman–Crippen LogP) is 2.75. The van der Waals surface area contributed by atoms with E-state index in [-0.39, 0.29) is 5.91 Å². The van der Waals surface area contributed by atoms with Crippen molar-refractivity contribution in [1.29, 1.82) is 0 Å². The third-order valence-electron chi connectivity index (χ3n) is 5.70. The number of piperazine rings is 1. The summed E-state index contributed by atoms with van der Waals surface area (Å²) < 4.78 is 5.23. The van der Waals surface area contributed by atoms with Crippen molar-refractivity contribution in [2.75, 3.05) is 56.2 Å². The fraction of sp³-hybridized carbons (Fsp3) is 0.500. The Kier molecular flexibility index (Phi) is 5.83. The molecule has 0 unspecified atom stereocenters. The molecule has 2 fully saturated rings. The lowest BCUT2D eigenvalue weighted by molar-refractivity contribution is 0.0740. The van der Waals surface area contributed by atoms with E-state index in [1.165, 1.54) is 6.42 Å². The lowest BCUT2D eigenvalue weighted by atomic mass is 10.1. The van der Waals surface area contributed by atoms with Gasteiger partial charge in [0.25, 0.3) is 5.91 Å². The number of ether oxygens (including phenoxy) is 1. The Bertz CT molecular complexity index is 841. The maximum atomic E-state index is 13.1. The van der Waals surface area contributed by atoms with E-state index in [0.29, 0.717) is 24.7 Å². The zero-order valence-electron chi connectivity index (χ0n) is 17.3. The van der Waals surface area contributed by atoms with Crippen molar-refractivity contribution in [2.24, 2.45) is 0 Å². The smallest absolute Gasteiger partial charge is 0.272 e. The number of methoxy groups -OCH3 is 1. The molecule has 0 bridgehead atoms. The lowest BCUT2D eigenvalue weighted by Gasteiger charge is -2.36. The number of piperidine rings is 1. The Morgan fingerprint density at radius 1 is 0.897 bits per heavy atom. The third kappa shape index (κ3) is 4.44. The van der Waals surface area contributed by atoms with Gasteiger partial charge in [-0.2, -0.15) is 0 Å².